The van der Waals surface area contributed by atoms with Crippen molar-refractivity contribution in [2.75, 3.05) is 26.9 Å². The van der Waals surface area contributed by atoms with E-state index in [1.807, 2.05) is 20.8 Å². The van der Waals surface area contributed by atoms with Crippen LogP contribution in [-0.2, 0) is 33.3 Å². The number of carbonyl (C=O) groups excluding carboxylic acids is 2. The maximum Gasteiger partial charge on any atom is 0.303 e. The van der Waals surface area contributed by atoms with E-state index in [4.69, 9.17) is 23.7 Å². The first-order chi connectivity index (χ1) is 20.2. The van der Waals surface area contributed by atoms with Gasteiger partial charge in [0.15, 0.2) is 12.4 Å². The quantitative estimate of drug-likeness (QED) is 0.181. The summed E-state index contributed by atoms with van der Waals surface area (Å²) in [5.41, 5.74) is 1.47. The molecule has 0 aromatic rings. The highest BCUT2D eigenvalue weighted by Crippen LogP contribution is 2.55. The lowest BCUT2D eigenvalue weighted by molar-refractivity contribution is -0.317. The molecule has 43 heavy (non-hydrogen) atoms. The third kappa shape index (κ3) is 6.57. The van der Waals surface area contributed by atoms with Gasteiger partial charge in [0.25, 0.3) is 0 Å². The Morgan fingerprint density at radius 3 is 2.40 bits per heavy atom. The fourth-order valence-corrected chi connectivity index (χ4v) is 7.54. The van der Waals surface area contributed by atoms with Crippen molar-refractivity contribution in [2.24, 2.45) is 29.1 Å². The van der Waals surface area contributed by atoms with Gasteiger partial charge < -0.3 is 49.2 Å². The lowest BCUT2D eigenvalue weighted by Crippen LogP contribution is -2.62. The van der Waals surface area contributed by atoms with Gasteiger partial charge in [-0.2, -0.15) is 0 Å². The Bertz CT molecular complexity index is 1090. The van der Waals surface area contributed by atoms with Crippen molar-refractivity contribution in [1.29, 1.82) is 0 Å². The second-order valence-electron chi connectivity index (χ2n) is 12.8. The third-order valence-corrected chi connectivity index (χ3v) is 9.90. The lowest BCUT2D eigenvalue weighted by Gasteiger charge is -2.46. The average molecular weight is 613 g/mol. The minimum absolute atomic E-state index is 0.0210. The number of methoxy groups -OCH3 is 1. The number of hydrogen-bond acceptors (Lipinski definition) is 12. The Balaban J connectivity index is 1.83. The van der Waals surface area contributed by atoms with E-state index in [0.717, 1.165) is 30.9 Å². The van der Waals surface area contributed by atoms with Gasteiger partial charge in [-0.1, -0.05) is 31.1 Å². The zero-order chi connectivity index (χ0) is 31.8. The highest BCUT2D eigenvalue weighted by molar-refractivity contribution is 5.66. The molecule has 0 spiro atoms. The van der Waals surface area contributed by atoms with Crippen LogP contribution in [0.1, 0.15) is 53.9 Å². The minimum atomic E-state index is -1.65. The van der Waals surface area contributed by atoms with Crippen LogP contribution in [-0.4, -0.2) is 113 Å². The summed E-state index contributed by atoms with van der Waals surface area (Å²) in [5.74, 6) is -1.75. The van der Waals surface area contributed by atoms with Crippen LogP contribution in [0.2, 0.25) is 0 Å². The summed E-state index contributed by atoms with van der Waals surface area (Å²) >= 11 is 0. The van der Waals surface area contributed by atoms with Gasteiger partial charge in [-0.15, -0.1) is 0 Å². The van der Waals surface area contributed by atoms with Crippen LogP contribution in [0.3, 0.4) is 0 Å². The van der Waals surface area contributed by atoms with E-state index >= 15 is 0 Å². The zero-order valence-corrected chi connectivity index (χ0v) is 25.8. The Morgan fingerprint density at radius 2 is 1.79 bits per heavy atom. The van der Waals surface area contributed by atoms with Crippen molar-refractivity contribution in [3.05, 3.63) is 22.8 Å². The number of aliphatic hydroxyl groups excluding tert-OH is 5. The van der Waals surface area contributed by atoms with Gasteiger partial charge in [-0.05, 0) is 43.6 Å². The van der Waals surface area contributed by atoms with E-state index in [1.165, 1.54) is 6.92 Å². The summed E-state index contributed by atoms with van der Waals surface area (Å²) in [4.78, 5) is 23.4. The molecule has 0 amide bonds. The van der Waals surface area contributed by atoms with Gasteiger partial charge in [0, 0.05) is 38.2 Å². The predicted molar refractivity (Wildman–Crippen MR) is 151 cm³/mol. The van der Waals surface area contributed by atoms with Gasteiger partial charge in [0.05, 0.1) is 32.0 Å². The first kappa shape index (κ1) is 34.0. The topological polar surface area (TPSA) is 181 Å². The number of carbonyl (C=O) groups is 2. The van der Waals surface area contributed by atoms with E-state index in [-0.39, 0.29) is 36.7 Å². The molecule has 0 bridgehead atoms. The predicted octanol–water partition coefficient (Wildman–Crippen LogP) is 0.619. The van der Waals surface area contributed by atoms with Gasteiger partial charge >= 0.3 is 11.9 Å². The largest absolute Gasteiger partial charge is 0.465 e. The molecule has 0 aromatic heterocycles. The van der Waals surface area contributed by atoms with Crippen LogP contribution in [0.25, 0.3) is 0 Å². The Hall–Kier alpha value is -1.90. The maximum absolute atomic E-state index is 12.1. The van der Waals surface area contributed by atoms with Crippen LogP contribution < -0.4 is 0 Å². The molecule has 5 N–H and O–H groups in total. The molecule has 0 radical (unpaired) electrons. The lowest BCUT2D eigenvalue weighted by atomic mass is 9.68. The second kappa shape index (κ2) is 13.6. The van der Waals surface area contributed by atoms with Gasteiger partial charge in [0.1, 0.15) is 24.4 Å². The molecule has 12 heteroatoms. The van der Waals surface area contributed by atoms with E-state index in [0.29, 0.717) is 12.2 Å². The van der Waals surface area contributed by atoms with E-state index in [9.17, 15) is 35.1 Å². The van der Waals surface area contributed by atoms with Crippen LogP contribution in [0.4, 0.5) is 0 Å². The molecule has 1 aliphatic heterocycles. The van der Waals surface area contributed by atoms with Gasteiger partial charge in [-0.25, -0.2) is 0 Å². The van der Waals surface area contributed by atoms with Crippen molar-refractivity contribution in [2.45, 2.75) is 103 Å². The summed E-state index contributed by atoms with van der Waals surface area (Å²) in [6.45, 7) is 8.07. The minimum Gasteiger partial charge on any atom is -0.465 e. The first-order valence-electron chi connectivity index (χ1n) is 15.1. The molecule has 3 aliphatic carbocycles. The monoisotopic (exact) mass is 612 g/mol. The number of aliphatic hydroxyl groups is 5. The number of ether oxygens (including phenoxy) is 5. The number of esters is 2. The van der Waals surface area contributed by atoms with Crippen molar-refractivity contribution in [3.8, 4) is 0 Å². The maximum atomic E-state index is 12.1. The second-order valence-corrected chi connectivity index (χ2v) is 12.8. The molecule has 12 nitrogen and oxygen atoms in total. The smallest absolute Gasteiger partial charge is 0.303 e. The van der Waals surface area contributed by atoms with Gasteiger partial charge in [0.2, 0.25) is 0 Å². The van der Waals surface area contributed by atoms with E-state index in [2.05, 4.69) is 6.08 Å². The summed E-state index contributed by atoms with van der Waals surface area (Å²) in [7, 11) is 1.65. The highest BCUT2D eigenvalue weighted by atomic mass is 16.7. The van der Waals surface area contributed by atoms with Crippen molar-refractivity contribution in [1.82, 2.24) is 0 Å². The highest BCUT2D eigenvalue weighted by Gasteiger charge is 2.55. The summed E-state index contributed by atoms with van der Waals surface area (Å²) in [6, 6.07) is 0. The van der Waals surface area contributed by atoms with Crippen LogP contribution >= 0.6 is 0 Å². The molecule has 1 saturated heterocycles. The number of rotatable bonds is 9. The molecule has 0 aromatic carbocycles. The molecule has 13 atom stereocenters. The summed E-state index contributed by atoms with van der Waals surface area (Å²) in [5, 5.41) is 55.4. The molecular formula is C31H48O12. The average Bonchev–Trinajstić information content (AvgIpc) is 3.45. The van der Waals surface area contributed by atoms with E-state index < -0.39 is 73.0 Å². The van der Waals surface area contributed by atoms with Crippen molar-refractivity contribution >= 4 is 11.9 Å². The first-order valence-corrected chi connectivity index (χ1v) is 15.1. The normalized spacial score (nSPS) is 43.1. The molecule has 244 valence electrons. The standard InChI is InChI=1S/C31H48O12/c1-14(12-40-16(3)33)20-9-23(35)31(5)10-21-18(13-39-6)7-8-19(21)15(2)25(36)28(24(20)31)43-30-27(38)29(41-17(4)34)26(37)22(11-32)42-30/h10,14-15,18-19,22-23,25-30,32,35-38H,7-9,11-13H2,1-6H3/b21-10-/t14-,15-,18-,19+,22?,23+,25-,26?,27?,28-,29?,30+,31+/m1/s1. The molecule has 1 heterocycles. The Morgan fingerprint density at radius 1 is 1.09 bits per heavy atom. The van der Waals surface area contributed by atoms with Crippen molar-refractivity contribution in [3.63, 3.8) is 0 Å². The fraction of sp³-hybridized carbons (Fsp3) is 0.806. The molecule has 4 unspecified atom stereocenters. The SMILES string of the molecule is COC[C@H]1CC[C@@H]2/C1=C\[C@]1(C)C(=C([C@H](C)COC(C)=O)C[C@@H]1O)[C@@H](O[C@@H]1OC(CO)C(O)C(OC(C)=O)C1O)[C@H](O)[C@@H]2C. The molecule has 4 rings (SSSR count). The fourth-order valence-electron chi connectivity index (χ4n) is 7.54. The molecule has 1 saturated carbocycles. The third-order valence-electron chi connectivity index (χ3n) is 9.90. The van der Waals surface area contributed by atoms with Crippen LogP contribution in [0.15, 0.2) is 22.8 Å². The number of fused-ring (bicyclic) bond motifs is 2. The Kier molecular flexibility index (Phi) is 10.8. The molecule has 4 aliphatic rings. The molecule has 2 fully saturated rings. The van der Waals surface area contributed by atoms with Gasteiger partial charge in [-0.3, -0.25) is 9.59 Å². The summed E-state index contributed by atoms with van der Waals surface area (Å²) < 4.78 is 28.3. The number of hydrogen-bond donors (Lipinski definition) is 5. The molecular weight excluding hydrogens is 564 g/mol. The van der Waals surface area contributed by atoms with Crippen LogP contribution in [0.5, 0.6) is 0 Å². The van der Waals surface area contributed by atoms with E-state index in [1.54, 1.807) is 7.11 Å². The summed E-state index contributed by atoms with van der Waals surface area (Å²) in [6.07, 6.45) is -6.52. The Labute approximate surface area is 252 Å². The van der Waals surface area contributed by atoms with Crippen LogP contribution in [0, 0.1) is 29.1 Å². The zero-order valence-electron chi connectivity index (χ0n) is 25.8. The van der Waals surface area contributed by atoms with Crippen molar-refractivity contribution < 1.29 is 58.8 Å².